The van der Waals surface area contributed by atoms with Gasteiger partial charge in [0.25, 0.3) is 0 Å². The average Bonchev–Trinajstić information content (AvgIpc) is 3.09. The molecule has 2 nitrogen and oxygen atoms in total. The highest BCUT2D eigenvalue weighted by molar-refractivity contribution is 8.36. The lowest BCUT2D eigenvalue weighted by Gasteiger charge is -2.52. The largest absolute Gasteiger partial charge is 0.497 e. The van der Waals surface area contributed by atoms with Crippen LogP contribution in [0.2, 0.25) is 0 Å². The number of fused-ring (bicyclic) bond motifs is 5. The van der Waals surface area contributed by atoms with E-state index in [2.05, 4.69) is 79.1 Å². The number of ether oxygens (including phenoxy) is 1. The van der Waals surface area contributed by atoms with E-state index in [4.69, 9.17) is 4.74 Å². The molecule has 0 aromatic heterocycles. The second-order valence-electron chi connectivity index (χ2n) is 10.7. The van der Waals surface area contributed by atoms with Crippen LogP contribution in [-0.2, 0) is 6.42 Å². The first kappa shape index (κ1) is 21.9. The maximum Gasteiger partial charge on any atom is 0.131 e. The zero-order chi connectivity index (χ0) is 22.6. The fourth-order valence-corrected chi connectivity index (χ4v) is 8.32. The lowest BCUT2D eigenvalue weighted by Crippen LogP contribution is -2.50. The van der Waals surface area contributed by atoms with Crippen molar-refractivity contribution in [1.29, 1.82) is 0 Å². The van der Waals surface area contributed by atoms with Crippen LogP contribution in [0.5, 0.6) is 5.75 Å². The molecule has 32 heavy (non-hydrogen) atoms. The molecule has 2 aromatic rings. The van der Waals surface area contributed by atoms with Crippen LogP contribution in [0.25, 0.3) is 0 Å². The fraction of sp³-hybridized carbons (Fsp3) is 0.517. The molecule has 2 aromatic carbocycles. The van der Waals surface area contributed by atoms with Gasteiger partial charge >= 0.3 is 0 Å². The summed E-state index contributed by atoms with van der Waals surface area (Å²) in [6.07, 6.45) is 10.9. The number of methoxy groups -OCH3 is 1. The summed E-state index contributed by atoms with van der Waals surface area (Å²) in [4.78, 5) is 1.29. The smallest absolute Gasteiger partial charge is 0.131 e. The molecule has 0 amide bonds. The number of rotatable bonds is 2. The minimum Gasteiger partial charge on any atom is -0.497 e. The molecule has 0 heterocycles. The van der Waals surface area contributed by atoms with Crippen molar-refractivity contribution in [3.05, 3.63) is 59.7 Å². The van der Waals surface area contributed by atoms with E-state index >= 15 is 0 Å². The van der Waals surface area contributed by atoms with E-state index in [-0.39, 0.29) is 5.41 Å². The van der Waals surface area contributed by atoms with Crippen LogP contribution in [0.3, 0.4) is 0 Å². The van der Waals surface area contributed by atoms with Crippen LogP contribution >= 0.6 is 10.0 Å². The maximum absolute atomic E-state index is 11.9. The van der Waals surface area contributed by atoms with Crippen LogP contribution in [0.1, 0.15) is 56.1 Å². The van der Waals surface area contributed by atoms with Crippen molar-refractivity contribution in [3.8, 4) is 16.9 Å². The summed E-state index contributed by atoms with van der Waals surface area (Å²) in [5.74, 6) is 6.28. The summed E-state index contributed by atoms with van der Waals surface area (Å²) >= 11 is 0. The van der Waals surface area contributed by atoms with Gasteiger partial charge in [0.2, 0.25) is 0 Å². The van der Waals surface area contributed by atoms with Gasteiger partial charge in [-0.15, -0.1) is 0 Å². The van der Waals surface area contributed by atoms with Crippen molar-refractivity contribution >= 4 is 10.0 Å². The van der Waals surface area contributed by atoms with Gasteiger partial charge in [-0.1, -0.05) is 37.1 Å². The topological polar surface area (TPSA) is 29.5 Å². The van der Waals surface area contributed by atoms with Crippen LogP contribution in [-0.4, -0.2) is 30.3 Å². The molecule has 0 saturated heterocycles. The van der Waals surface area contributed by atoms with Crippen molar-refractivity contribution in [2.75, 3.05) is 19.6 Å². The van der Waals surface area contributed by atoms with Gasteiger partial charge in [-0.25, -0.2) is 0 Å². The van der Waals surface area contributed by atoms with E-state index in [9.17, 15) is 5.11 Å². The van der Waals surface area contributed by atoms with Crippen LogP contribution in [0.15, 0.2) is 53.4 Å². The minimum absolute atomic E-state index is 0.114. The molecule has 170 valence electrons. The van der Waals surface area contributed by atoms with Crippen LogP contribution < -0.4 is 4.74 Å². The van der Waals surface area contributed by atoms with Gasteiger partial charge in [0.1, 0.15) is 11.4 Å². The molecule has 0 aliphatic heterocycles. The Morgan fingerprint density at radius 2 is 1.81 bits per heavy atom. The molecule has 2 saturated carbocycles. The molecule has 5 rings (SSSR count). The highest BCUT2D eigenvalue weighted by atomic mass is 32.3. The van der Waals surface area contributed by atoms with E-state index < -0.39 is 15.6 Å². The Morgan fingerprint density at radius 3 is 2.56 bits per heavy atom. The first-order chi connectivity index (χ1) is 15.3. The molecule has 1 N–H and O–H groups in total. The molecule has 5 atom stereocenters. The second-order valence-corrected chi connectivity index (χ2v) is 14.0. The summed E-state index contributed by atoms with van der Waals surface area (Å²) in [7, 11) is 0.497. The van der Waals surface area contributed by atoms with Crippen molar-refractivity contribution < 1.29 is 9.84 Å². The van der Waals surface area contributed by atoms with Gasteiger partial charge < -0.3 is 9.84 Å². The average molecular weight is 449 g/mol. The van der Waals surface area contributed by atoms with Gasteiger partial charge in [-0.3, -0.25) is 0 Å². The van der Waals surface area contributed by atoms with Crippen molar-refractivity contribution in [1.82, 2.24) is 0 Å². The fourth-order valence-electron chi connectivity index (χ4n) is 6.94. The molecule has 0 unspecified atom stereocenters. The van der Waals surface area contributed by atoms with Gasteiger partial charge in [0.15, 0.2) is 0 Å². The predicted octanol–water partition coefficient (Wildman–Crippen LogP) is 6.37. The summed E-state index contributed by atoms with van der Waals surface area (Å²) in [5.41, 5.74) is 2.01. The molecule has 3 aliphatic rings. The maximum atomic E-state index is 11.9. The SMILES string of the molecule is COc1ccc2c(c1)CC[C@@H]1[C@@H]2CC[C@@]2(C)[C@H]1CC[C@@]2(O)C#CS(C)(C)c1ccccc1. The highest BCUT2D eigenvalue weighted by Gasteiger charge is 2.61. The Balaban J connectivity index is 1.43. The first-order valence-electron chi connectivity index (χ1n) is 12.0. The molecular formula is C29H36O2S. The molecule has 3 heteroatoms. The lowest BCUT2D eigenvalue weighted by atomic mass is 9.53. The number of aryl methyl sites for hydroxylation is 1. The standard InChI is InChI=1S/C29H36O2S/c1-28-16-14-25-24-13-11-22(31-2)20-21(24)10-12-26(25)27(28)15-17-29(28,30)18-19-32(3,4)23-8-6-5-7-9-23/h5-9,11,13,20,25-27,30H,10,12,14-17H2,1-4H3/t25-,26-,27+,28+,29-/m1/s1. The zero-order valence-corrected chi connectivity index (χ0v) is 20.7. The third kappa shape index (κ3) is 3.39. The third-order valence-electron chi connectivity index (χ3n) is 8.93. The minimum atomic E-state index is -1.25. The Kier molecular flexibility index (Phi) is 5.38. The number of aliphatic hydroxyl groups is 1. The zero-order valence-electron chi connectivity index (χ0n) is 19.9. The molecule has 0 bridgehead atoms. The summed E-state index contributed by atoms with van der Waals surface area (Å²) < 4.78 is 5.47. The summed E-state index contributed by atoms with van der Waals surface area (Å²) in [5, 5.41) is 15.5. The molecule has 3 aliphatic carbocycles. The van der Waals surface area contributed by atoms with E-state index in [1.54, 1.807) is 7.11 Å². The van der Waals surface area contributed by atoms with Crippen molar-refractivity contribution in [2.24, 2.45) is 17.3 Å². The molecule has 0 spiro atoms. The van der Waals surface area contributed by atoms with Gasteiger partial charge in [0, 0.05) is 10.3 Å². The van der Waals surface area contributed by atoms with Crippen molar-refractivity contribution in [3.63, 3.8) is 0 Å². The number of benzene rings is 2. The summed E-state index contributed by atoms with van der Waals surface area (Å²) in [6, 6.07) is 17.3. The van der Waals surface area contributed by atoms with E-state index in [1.807, 2.05) is 0 Å². The number of hydrogen-bond acceptors (Lipinski definition) is 2. The quantitative estimate of drug-likeness (QED) is 0.541. The van der Waals surface area contributed by atoms with Crippen molar-refractivity contribution in [2.45, 2.75) is 61.9 Å². The second kappa shape index (κ2) is 7.86. The predicted molar refractivity (Wildman–Crippen MR) is 134 cm³/mol. The van der Waals surface area contributed by atoms with Crippen LogP contribution in [0.4, 0.5) is 0 Å². The Hall–Kier alpha value is -1.89. The molecule has 0 radical (unpaired) electrons. The van der Waals surface area contributed by atoms with Crippen LogP contribution in [0, 0.1) is 28.4 Å². The highest BCUT2D eigenvalue weighted by Crippen LogP contribution is 2.64. The van der Waals surface area contributed by atoms with E-state index in [0.717, 1.165) is 37.9 Å². The normalized spacial score (nSPS) is 33.8. The Bertz CT molecular complexity index is 1070. The molecule has 2 fully saturated rings. The first-order valence-corrected chi connectivity index (χ1v) is 14.4. The van der Waals surface area contributed by atoms with Gasteiger partial charge in [0.05, 0.1) is 7.11 Å². The monoisotopic (exact) mass is 448 g/mol. The van der Waals surface area contributed by atoms with E-state index in [1.165, 1.54) is 22.4 Å². The lowest BCUT2D eigenvalue weighted by molar-refractivity contribution is -0.0647. The Morgan fingerprint density at radius 1 is 1.03 bits per heavy atom. The van der Waals surface area contributed by atoms with E-state index in [0.29, 0.717) is 17.8 Å². The number of hydrogen-bond donors (Lipinski definition) is 1. The Labute approximate surface area is 195 Å². The third-order valence-corrected chi connectivity index (χ3v) is 11.0. The summed E-state index contributed by atoms with van der Waals surface area (Å²) in [6.45, 7) is 2.34. The van der Waals surface area contributed by atoms with Gasteiger partial charge in [-0.05, 0) is 109 Å². The molecular weight excluding hydrogens is 412 g/mol. The van der Waals surface area contributed by atoms with Gasteiger partial charge in [-0.2, -0.15) is 10.0 Å².